The lowest BCUT2D eigenvalue weighted by atomic mass is 9.99. The number of rotatable bonds is 10. The number of aromatic hydroxyl groups is 1. The lowest BCUT2D eigenvalue weighted by Gasteiger charge is -2.38. The highest BCUT2D eigenvalue weighted by atomic mass is 16.8. The zero-order valence-electron chi connectivity index (χ0n) is 25.3. The van der Waals surface area contributed by atoms with Crippen molar-refractivity contribution in [3.63, 3.8) is 0 Å². The van der Waals surface area contributed by atoms with Crippen LogP contribution >= 0.6 is 0 Å². The van der Waals surface area contributed by atoms with Crippen LogP contribution in [-0.2, 0) is 27.4 Å². The van der Waals surface area contributed by atoms with E-state index < -0.39 is 42.3 Å². The van der Waals surface area contributed by atoms with Gasteiger partial charge in [-0.15, -0.1) is 0 Å². The first-order chi connectivity index (χ1) is 21.7. The minimum absolute atomic E-state index is 0.0353. The zero-order valence-corrected chi connectivity index (χ0v) is 25.3. The van der Waals surface area contributed by atoms with Gasteiger partial charge in [0.1, 0.15) is 54.0 Å². The summed E-state index contributed by atoms with van der Waals surface area (Å²) in [5, 5.41) is 22.0. The van der Waals surface area contributed by atoms with E-state index in [1.54, 1.807) is 51.1 Å². The van der Waals surface area contributed by atoms with E-state index in [0.29, 0.717) is 17.9 Å². The highest BCUT2D eigenvalue weighted by Gasteiger charge is 2.55. The van der Waals surface area contributed by atoms with Crippen molar-refractivity contribution in [2.24, 2.45) is 0 Å². The molecule has 2 aliphatic rings. The van der Waals surface area contributed by atoms with Crippen LogP contribution in [0.15, 0.2) is 97.1 Å². The maximum Gasteiger partial charge on any atom is 0.229 e. The number of fused-ring (bicyclic) bond motifs is 1. The van der Waals surface area contributed by atoms with Crippen LogP contribution < -0.4 is 14.2 Å². The summed E-state index contributed by atoms with van der Waals surface area (Å²) < 4.78 is 36.2. The van der Waals surface area contributed by atoms with Crippen LogP contribution in [0.2, 0.25) is 0 Å². The molecule has 0 amide bonds. The van der Waals surface area contributed by atoms with Gasteiger partial charge in [-0.1, -0.05) is 60.7 Å². The molecule has 6 rings (SSSR count). The maximum atomic E-state index is 13.9. The SMILES string of the molecule is C[C@@H]1O[C@@H](Oc2cc(OCc3ccccc3)cc(O)c2C(=O)c2ccc(OCc3ccccc3)cc2)[C@@H]2OC(C)(C)O[C@@H]2[C@H]1O. The number of benzene rings is 4. The van der Waals surface area contributed by atoms with Crippen LogP contribution in [0.25, 0.3) is 0 Å². The van der Waals surface area contributed by atoms with E-state index in [0.717, 1.165) is 11.1 Å². The Morgan fingerprint density at radius 1 is 0.800 bits per heavy atom. The molecule has 2 heterocycles. The molecular formula is C36H36O9. The molecule has 0 radical (unpaired) electrons. The molecule has 2 aliphatic heterocycles. The summed E-state index contributed by atoms with van der Waals surface area (Å²) >= 11 is 0. The van der Waals surface area contributed by atoms with E-state index in [4.69, 9.17) is 28.4 Å². The van der Waals surface area contributed by atoms with E-state index in [1.807, 2.05) is 60.7 Å². The van der Waals surface area contributed by atoms with E-state index in [2.05, 4.69) is 0 Å². The average Bonchev–Trinajstić information content (AvgIpc) is 3.38. The number of aliphatic hydroxyl groups is 1. The minimum atomic E-state index is -1.06. The van der Waals surface area contributed by atoms with E-state index in [-0.39, 0.29) is 29.4 Å². The molecule has 5 atom stereocenters. The molecule has 2 saturated heterocycles. The lowest BCUT2D eigenvalue weighted by Crippen LogP contribution is -2.57. The number of ketones is 1. The van der Waals surface area contributed by atoms with E-state index in [9.17, 15) is 15.0 Å². The van der Waals surface area contributed by atoms with Crippen molar-refractivity contribution in [2.45, 2.75) is 70.5 Å². The quantitative estimate of drug-likeness (QED) is 0.215. The van der Waals surface area contributed by atoms with Crippen LogP contribution in [0.4, 0.5) is 0 Å². The second-order valence-electron chi connectivity index (χ2n) is 11.6. The van der Waals surface area contributed by atoms with Gasteiger partial charge in [-0.05, 0) is 56.2 Å². The molecular weight excluding hydrogens is 576 g/mol. The minimum Gasteiger partial charge on any atom is -0.507 e. The molecule has 0 aromatic heterocycles. The van der Waals surface area contributed by atoms with Crippen LogP contribution in [0.3, 0.4) is 0 Å². The summed E-state index contributed by atoms with van der Waals surface area (Å²) in [5.74, 6) is -0.872. The van der Waals surface area contributed by atoms with Gasteiger partial charge in [0.25, 0.3) is 0 Å². The van der Waals surface area contributed by atoms with E-state index in [1.165, 1.54) is 6.07 Å². The first kappa shape index (κ1) is 30.6. The number of carbonyl (C=O) groups excluding carboxylic acids is 1. The molecule has 234 valence electrons. The monoisotopic (exact) mass is 612 g/mol. The summed E-state index contributed by atoms with van der Waals surface area (Å²) in [7, 11) is 0. The Kier molecular flexibility index (Phi) is 8.78. The normalized spacial score (nSPS) is 23.6. The Balaban J connectivity index is 1.28. The zero-order chi connectivity index (χ0) is 31.6. The molecule has 4 aromatic rings. The van der Waals surface area contributed by atoms with Crippen molar-refractivity contribution in [3.05, 3.63) is 119 Å². The van der Waals surface area contributed by atoms with Gasteiger partial charge in [-0.25, -0.2) is 0 Å². The van der Waals surface area contributed by atoms with Gasteiger partial charge < -0.3 is 38.6 Å². The number of hydrogen-bond acceptors (Lipinski definition) is 9. The average molecular weight is 613 g/mol. The molecule has 0 saturated carbocycles. The Labute approximate surface area is 261 Å². The summed E-state index contributed by atoms with van der Waals surface area (Å²) in [4.78, 5) is 13.9. The molecule has 9 heteroatoms. The highest BCUT2D eigenvalue weighted by molar-refractivity contribution is 6.12. The standard InChI is InChI=1S/C36H36O9/c1-22-31(38)33-34(45-36(2,3)44-33)35(42-22)43-29-19-27(41-21-24-12-8-5-9-13-24)18-28(37)30(29)32(39)25-14-16-26(17-15-25)40-20-23-10-6-4-7-11-23/h4-19,22,31,33-35,37-38H,20-21H2,1-3H3/t22-,31-,33+,34+,35-/m0/s1. The van der Waals surface area contributed by atoms with Crippen LogP contribution in [0, 0.1) is 0 Å². The van der Waals surface area contributed by atoms with E-state index >= 15 is 0 Å². The smallest absolute Gasteiger partial charge is 0.229 e. The van der Waals surface area contributed by atoms with Crippen molar-refractivity contribution < 1.29 is 43.4 Å². The lowest BCUT2D eigenvalue weighted by molar-refractivity contribution is -0.241. The molecule has 2 fully saturated rings. The van der Waals surface area contributed by atoms with Crippen molar-refractivity contribution in [2.75, 3.05) is 0 Å². The molecule has 4 aromatic carbocycles. The Hall–Kier alpha value is -4.41. The predicted octanol–water partition coefficient (Wildman–Crippen LogP) is 5.79. The summed E-state index contributed by atoms with van der Waals surface area (Å²) in [6.45, 7) is 5.81. The Morgan fingerprint density at radius 3 is 2.00 bits per heavy atom. The molecule has 0 bridgehead atoms. The third-order valence-corrected chi connectivity index (χ3v) is 7.74. The van der Waals surface area contributed by atoms with Gasteiger partial charge in [0.05, 0.1) is 6.10 Å². The van der Waals surface area contributed by atoms with Gasteiger partial charge in [0, 0.05) is 17.7 Å². The Morgan fingerprint density at radius 2 is 1.38 bits per heavy atom. The fraction of sp³-hybridized carbons (Fsp3) is 0.306. The Bertz CT molecular complexity index is 1610. The fourth-order valence-electron chi connectivity index (χ4n) is 5.46. The predicted molar refractivity (Wildman–Crippen MR) is 164 cm³/mol. The van der Waals surface area contributed by atoms with Crippen molar-refractivity contribution in [1.82, 2.24) is 0 Å². The molecule has 9 nitrogen and oxygen atoms in total. The second kappa shape index (κ2) is 12.9. The first-order valence-corrected chi connectivity index (χ1v) is 14.9. The first-order valence-electron chi connectivity index (χ1n) is 14.9. The second-order valence-corrected chi connectivity index (χ2v) is 11.6. The van der Waals surface area contributed by atoms with Crippen LogP contribution in [0.1, 0.15) is 47.8 Å². The molecule has 0 aliphatic carbocycles. The van der Waals surface area contributed by atoms with Gasteiger partial charge in [0.15, 0.2) is 11.9 Å². The maximum absolute atomic E-state index is 13.9. The number of hydrogen-bond donors (Lipinski definition) is 2. The topological polar surface area (TPSA) is 113 Å². The van der Waals surface area contributed by atoms with Crippen LogP contribution in [-0.4, -0.2) is 52.5 Å². The van der Waals surface area contributed by atoms with Crippen molar-refractivity contribution in [3.8, 4) is 23.0 Å². The fourth-order valence-corrected chi connectivity index (χ4v) is 5.46. The summed E-state index contributed by atoms with van der Waals surface area (Å²) in [6, 6.07) is 28.9. The van der Waals surface area contributed by atoms with Gasteiger partial charge >= 0.3 is 0 Å². The third-order valence-electron chi connectivity index (χ3n) is 7.74. The number of ether oxygens (including phenoxy) is 6. The third kappa shape index (κ3) is 6.97. The molecule has 2 N–H and O–H groups in total. The number of phenolic OH excluding ortho intramolecular Hbond substituents is 1. The highest BCUT2D eigenvalue weighted by Crippen LogP contribution is 2.41. The van der Waals surface area contributed by atoms with Gasteiger partial charge in [-0.2, -0.15) is 0 Å². The number of carbonyl (C=O) groups is 1. The molecule has 0 unspecified atom stereocenters. The van der Waals surface area contributed by atoms with Gasteiger partial charge in [0.2, 0.25) is 12.1 Å². The molecule has 45 heavy (non-hydrogen) atoms. The number of phenols is 1. The van der Waals surface area contributed by atoms with Crippen LogP contribution in [0.5, 0.6) is 23.0 Å². The van der Waals surface area contributed by atoms with Crippen molar-refractivity contribution >= 4 is 5.78 Å². The van der Waals surface area contributed by atoms with Crippen molar-refractivity contribution in [1.29, 1.82) is 0 Å². The summed E-state index contributed by atoms with van der Waals surface area (Å²) in [5.41, 5.74) is 2.19. The molecule has 0 spiro atoms. The summed E-state index contributed by atoms with van der Waals surface area (Å²) in [6.07, 6.45) is -4.18. The number of aliphatic hydroxyl groups excluding tert-OH is 1. The largest absolute Gasteiger partial charge is 0.507 e. The van der Waals surface area contributed by atoms with Gasteiger partial charge in [-0.3, -0.25) is 4.79 Å².